The fourth-order valence-corrected chi connectivity index (χ4v) is 3.23. The zero-order chi connectivity index (χ0) is 17.5. The molecule has 0 unspecified atom stereocenters. The quantitative estimate of drug-likeness (QED) is 0.350. The van der Waals surface area contributed by atoms with E-state index < -0.39 is 0 Å². The molecule has 0 saturated heterocycles. The maximum absolute atomic E-state index is 4.36. The second kappa shape index (κ2) is 14.3. The molecule has 1 aromatic heterocycles. The van der Waals surface area contributed by atoms with Crippen LogP contribution in [0.2, 0.25) is 0 Å². The number of hydrogen-bond donors (Lipinski definition) is 1. The normalized spacial score (nSPS) is 11.0. The molecule has 1 rings (SSSR count). The summed E-state index contributed by atoms with van der Waals surface area (Å²) in [5.41, 5.74) is 3.14. The van der Waals surface area contributed by atoms with Crippen molar-refractivity contribution in [2.24, 2.45) is 0 Å². The Bertz CT molecular complexity index is 394. The third kappa shape index (κ3) is 11.5. The molecule has 0 amide bonds. The van der Waals surface area contributed by atoms with Crippen LogP contribution in [0.15, 0.2) is 6.07 Å². The van der Waals surface area contributed by atoms with Gasteiger partial charge in [0.25, 0.3) is 0 Å². The van der Waals surface area contributed by atoms with E-state index in [9.17, 15) is 0 Å². The Morgan fingerprint density at radius 1 is 0.792 bits per heavy atom. The summed E-state index contributed by atoms with van der Waals surface area (Å²) in [7, 11) is 0. The Morgan fingerprint density at radius 2 is 1.29 bits per heavy atom. The summed E-state index contributed by atoms with van der Waals surface area (Å²) in [4.78, 5) is 4.36. The first kappa shape index (κ1) is 21.0. The van der Waals surface area contributed by atoms with Crippen molar-refractivity contribution in [2.45, 2.75) is 104 Å². The first-order valence-corrected chi connectivity index (χ1v) is 10.3. The number of aryl methyl sites for hydroxylation is 2. The minimum absolute atomic E-state index is 0.975. The summed E-state index contributed by atoms with van der Waals surface area (Å²) in [6, 6.07) is 5.35. The van der Waals surface area contributed by atoms with Crippen LogP contribution in [0.1, 0.15) is 102 Å². The Kier molecular flexibility index (Phi) is 12.5. The van der Waals surface area contributed by atoms with E-state index in [4.69, 9.17) is 0 Å². The molecular formula is C22H39N2. The van der Waals surface area contributed by atoms with Crippen molar-refractivity contribution in [2.75, 3.05) is 11.9 Å². The maximum Gasteiger partial charge on any atom is 0.0476 e. The van der Waals surface area contributed by atoms with Gasteiger partial charge in [0.1, 0.15) is 0 Å². The van der Waals surface area contributed by atoms with Crippen molar-refractivity contribution in [3.05, 3.63) is 23.5 Å². The van der Waals surface area contributed by atoms with Gasteiger partial charge in [-0.2, -0.15) is 0 Å². The van der Waals surface area contributed by atoms with E-state index in [2.05, 4.69) is 29.4 Å². The van der Waals surface area contributed by atoms with Gasteiger partial charge in [0.2, 0.25) is 0 Å². The molecule has 1 radical (unpaired) electrons. The van der Waals surface area contributed by atoms with Crippen molar-refractivity contribution in [1.82, 2.24) is 4.98 Å². The average Bonchev–Trinajstić information content (AvgIpc) is 2.54. The maximum atomic E-state index is 4.36. The lowest BCUT2D eigenvalue weighted by Crippen LogP contribution is -2.03. The Balaban J connectivity index is 1.84. The molecule has 2 heteroatoms. The van der Waals surface area contributed by atoms with E-state index in [-0.39, 0.29) is 0 Å². The monoisotopic (exact) mass is 331 g/mol. The van der Waals surface area contributed by atoms with E-state index >= 15 is 0 Å². The summed E-state index contributed by atoms with van der Waals surface area (Å²) in [5, 5.41) is 3.47. The van der Waals surface area contributed by atoms with E-state index in [1.807, 2.05) is 13.8 Å². The van der Waals surface area contributed by atoms with Gasteiger partial charge < -0.3 is 5.32 Å². The van der Waals surface area contributed by atoms with Crippen LogP contribution >= 0.6 is 0 Å². The van der Waals surface area contributed by atoms with Crippen molar-refractivity contribution in [3.63, 3.8) is 0 Å². The minimum atomic E-state index is 0.975. The Hall–Kier alpha value is -1.05. The molecule has 1 aromatic rings. The number of hydrogen-bond acceptors (Lipinski definition) is 2. The molecule has 2 nitrogen and oxygen atoms in total. The first-order valence-electron chi connectivity index (χ1n) is 10.3. The first-order chi connectivity index (χ1) is 11.7. The van der Waals surface area contributed by atoms with Gasteiger partial charge in [0.15, 0.2) is 0 Å². The Morgan fingerprint density at radius 3 is 1.79 bits per heavy atom. The summed E-state index contributed by atoms with van der Waals surface area (Å²) in [6.45, 7) is 7.38. The van der Waals surface area contributed by atoms with Crippen LogP contribution < -0.4 is 5.32 Å². The smallest absolute Gasteiger partial charge is 0.0476 e. The highest BCUT2D eigenvalue weighted by atomic mass is 14.9. The summed E-state index contributed by atoms with van der Waals surface area (Å²) >= 11 is 0. The number of unbranched alkanes of at least 4 members (excludes halogenated alkanes) is 12. The molecule has 137 valence electrons. The van der Waals surface area contributed by atoms with Crippen molar-refractivity contribution in [1.29, 1.82) is 0 Å². The van der Waals surface area contributed by atoms with Crippen LogP contribution in [-0.4, -0.2) is 11.5 Å². The predicted octanol–water partition coefficient (Wildman–Crippen LogP) is 7.00. The van der Waals surface area contributed by atoms with Crippen LogP contribution in [0.3, 0.4) is 0 Å². The standard InChI is InChI=1S/C22H39N2/c1-4-5-6-7-8-9-10-11-12-13-14-15-16-17-23-22-18-20(2)24-21(3)19-22/h18H,4-17H2,1-3H3,(H,23,24). The summed E-state index contributed by atoms with van der Waals surface area (Å²) < 4.78 is 0. The molecule has 0 aromatic carbocycles. The molecule has 0 fully saturated rings. The summed E-state index contributed by atoms with van der Waals surface area (Å²) in [6.07, 6.45) is 18.3. The summed E-state index contributed by atoms with van der Waals surface area (Å²) in [5.74, 6) is 0. The highest BCUT2D eigenvalue weighted by molar-refractivity contribution is 5.43. The number of rotatable bonds is 15. The van der Waals surface area contributed by atoms with Gasteiger partial charge in [-0.25, -0.2) is 0 Å². The van der Waals surface area contributed by atoms with Gasteiger partial charge in [-0.3, -0.25) is 4.98 Å². The van der Waals surface area contributed by atoms with Gasteiger partial charge in [-0.15, -0.1) is 0 Å². The van der Waals surface area contributed by atoms with Crippen LogP contribution in [0.4, 0.5) is 5.69 Å². The number of nitrogens with zero attached hydrogens (tertiary/aromatic N) is 1. The van der Waals surface area contributed by atoms with E-state index in [1.165, 1.54) is 83.5 Å². The number of nitrogens with one attached hydrogen (secondary N) is 1. The lowest BCUT2D eigenvalue weighted by Gasteiger charge is -2.07. The highest BCUT2D eigenvalue weighted by Crippen LogP contribution is 2.13. The average molecular weight is 332 g/mol. The third-order valence-electron chi connectivity index (χ3n) is 4.61. The van der Waals surface area contributed by atoms with Gasteiger partial charge in [-0.05, 0) is 26.3 Å². The molecule has 0 saturated carbocycles. The number of pyridine rings is 1. The van der Waals surface area contributed by atoms with Gasteiger partial charge in [0, 0.05) is 29.7 Å². The minimum Gasteiger partial charge on any atom is -0.384 e. The van der Waals surface area contributed by atoms with Crippen LogP contribution in [0.5, 0.6) is 0 Å². The largest absolute Gasteiger partial charge is 0.384 e. The van der Waals surface area contributed by atoms with Crippen LogP contribution in [0.25, 0.3) is 0 Å². The molecule has 1 heterocycles. The van der Waals surface area contributed by atoms with E-state index in [0.717, 1.165) is 23.6 Å². The number of anilines is 1. The molecule has 0 aliphatic rings. The second-order valence-electron chi connectivity index (χ2n) is 7.19. The molecule has 0 aliphatic heterocycles. The van der Waals surface area contributed by atoms with Crippen molar-refractivity contribution >= 4 is 5.69 Å². The van der Waals surface area contributed by atoms with Crippen molar-refractivity contribution < 1.29 is 0 Å². The zero-order valence-corrected chi connectivity index (χ0v) is 16.4. The SMILES string of the molecule is CCCCCCCCCCCCCCCNc1[c]c(C)nc(C)c1. The highest BCUT2D eigenvalue weighted by Gasteiger charge is 1.97. The van der Waals surface area contributed by atoms with Gasteiger partial charge in [0.05, 0.1) is 0 Å². The molecule has 0 aliphatic carbocycles. The molecule has 0 bridgehead atoms. The topological polar surface area (TPSA) is 24.9 Å². The lowest BCUT2D eigenvalue weighted by molar-refractivity contribution is 0.541. The van der Waals surface area contributed by atoms with E-state index in [0.29, 0.717) is 0 Å². The van der Waals surface area contributed by atoms with Crippen LogP contribution in [-0.2, 0) is 0 Å². The van der Waals surface area contributed by atoms with E-state index in [1.54, 1.807) is 0 Å². The van der Waals surface area contributed by atoms with Gasteiger partial charge >= 0.3 is 0 Å². The van der Waals surface area contributed by atoms with Gasteiger partial charge in [-0.1, -0.05) is 84.0 Å². The molecular weight excluding hydrogens is 292 g/mol. The molecule has 0 atom stereocenters. The fourth-order valence-electron chi connectivity index (χ4n) is 3.23. The molecule has 24 heavy (non-hydrogen) atoms. The molecule has 1 N–H and O–H groups in total. The fraction of sp³-hybridized carbons (Fsp3) is 0.773. The number of aromatic nitrogens is 1. The lowest BCUT2D eigenvalue weighted by atomic mass is 10.0. The second-order valence-corrected chi connectivity index (χ2v) is 7.19. The van der Waals surface area contributed by atoms with Crippen molar-refractivity contribution in [3.8, 4) is 0 Å². The zero-order valence-electron chi connectivity index (χ0n) is 16.4. The van der Waals surface area contributed by atoms with Crippen LogP contribution in [0, 0.1) is 19.9 Å². The predicted molar refractivity (Wildman–Crippen MR) is 107 cm³/mol. The Labute approximate surface area is 150 Å². The third-order valence-corrected chi connectivity index (χ3v) is 4.61. The molecule has 0 spiro atoms.